The Morgan fingerprint density at radius 1 is 1.18 bits per heavy atom. The highest BCUT2D eigenvalue weighted by molar-refractivity contribution is 9.10. The molecule has 0 aliphatic heterocycles. The first-order valence-electron chi connectivity index (χ1n) is 6.51. The molecule has 0 N–H and O–H groups in total. The van der Waals surface area contributed by atoms with Gasteiger partial charge in [-0.15, -0.1) is 10.2 Å². The van der Waals surface area contributed by atoms with Crippen LogP contribution in [0.4, 0.5) is 0 Å². The highest BCUT2D eigenvalue weighted by Crippen LogP contribution is 2.26. The number of aromatic nitrogens is 4. The number of pyridine rings is 1. The lowest BCUT2D eigenvalue weighted by atomic mass is 10.2. The monoisotopic (exact) mass is 394 g/mol. The number of halogens is 2. The lowest BCUT2D eigenvalue weighted by Crippen LogP contribution is -1.95. The average Bonchev–Trinajstić information content (AvgIpc) is 2.88. The fourth-order valence-corrected chi connectivity index (χ4v) is 3.31. The van der Waals surface area contributed by atoms with Gasteiger partial charge < -0.3 is 4.57 Å². The topological polar surface area (TPSA) is 43.6 Å². The second-order valence-corrected chi connectivity index (χ2v) is 6.97. The summed E-state index contributed by atoms with van der Waals surface area (Å²) in [5.74, 6) is 1.62. The summed E-state index contributed by atoms with van der Waals surface area (Å²) in [7, 11) is 1.96. The second-order valence-electron chi connectivity index (χ2n) is 4.67. The van der Waals surface area contributed by atoms with Gasteiger partial charge in [-0.1, -0.05) is 35.5 Å². The highest BCUT2D eigenvalue weighted by atomic mass is 79.9. The minimum atomic E-state index is 0.747. The van der Waals surface area contributed by atoms with Crippen molar-refractivity contribution >= 4 is 39.3 Å². The zero-order valence-electron chi connectivity index (χ0n) is 11.7. The number of thioether (sulfide) groups is 1. The molecule has 0 amide bonds. The maximum atomic E-state index is 5.89. The lowest BCUT2D eigenvalue weighted by Gasteiger charge is -2.04. The van der Waals surface area contributed by atoms with E-state index in [9.17, 15) is 0 Å². The quantitative estimate of drug-likeness (QED) is 0.606. The molecule has 2 aromatic heterocycles. The first-order valence-corrected chi connectivity index (χ1v) is 8.66. The molecule has 4 nitrogen and oxygen atoms in total. The third kappa shape index (κ3) is 3.51. The molecule has 0 aliphatic carbocycles. The fraction of sp³-hybridized carbons (Fsp3) is 0.133. The summed E-state index contributed by atoms with van der Waals surface area (Å²) >= 11 is 11.0. The van der Waals surface area contributed by atoms with Gasteiger partial charge in [-0.05, 0) is 39.7 Å². The number of hydrogen-bond donors (Lipinski definition) is 0. The van der Waals surface area contributed by atoms with E-state index in [1.807, 2.05) is 41.9 Å². The average molecular weight is 396 g/mol. The molecule has 0 unspecified atom stereocenters. The third-order valence-corrected chi connectivity index (χ3v) is 4.86. The summed E-state index contributed by atoms with van der Waals surface area (Å²) in [6.07, 6.45) is 3.53. The predicted molar refractivity (Wildman–Crippen MR) is 92.9 cm³/mol. The van der Waals surface area contributed by atoms with E-state index in [2.05, 4.69) is 31.1 Å². The molecule has 0 bridgehead atoms. The van der Waals surface area contributed by atoms with E-state index in [4.69, 9.17) is 11.6 Å². The summed E-state index contributed by atoms with van der Waals surface area (Å²) in [5, 5.41) is 10.1. The lowest BCUT2D eigenvalue weighted by molar-refractivity contribution is 0.793. The van der Waals surface area contributed by atoms with Gasteiger partial charge in [0.25, 0.3) is 0 Å². The van der Waals surface area contributed by atoms with Crippen LogP contribution < -0.4 is 0 Å². The van der Waals surface area contributed by atoms with Gasteiger partial charge in [0, 0.05) is 40.3 Å². The number of nitrogens with zero attached hydrogens (tertiary/aromatic N) is 4. The van der Waals surface area contributed by atoms with Crippen molar-refractivity contribution in [2.75, 3.05) is 0 Å². The Morgan fingerprint density at radius 2 is 1.95 bits per heavy atom. The zero-order valence-corrected chi connectivity index (χ0v) is 14.9. The highest BCUT2D eigenvalue weighted by Gasteiger charge is 2.12. The number of hydrogen-bond acceptors (Lipinski definition) is 4. The van der Waals surface area contributed by atoms with Gasteiger partial charge in [0.15, 0.2) is 11.0 Å². The zero-order chi connectivity index (χ0) is 15.5. The Bertz CT molecular complexity index is 788. The molecule has 3 aromatic rings. The molecule has 3 rings (SSSR count). The van der Waals surface area contributed by atoms with Crippen LogP contribution in [-0.2, 0) is 12.8 Å². The molecule has 0 radical (unpaired) electrons. The maximum absolute atomic E-state index is 5.89. The number of rotatable bonds is 4. The van der Waals surface area contributed by atoms with E-state index >= 15 is 0 Å². The van der Waals surface area contributed by atoms with Crippen LogP contribution >= 0.6 is 39.3 Å². The van der Waals surface area contributed by atoms with E-state index in [0.717, 1.165) is 31.8 Å². The van der Waals surface area contributed by atoms with E-state index in [1.165, 1.54) is 5.56 Å². The van der Waals surface area contributed by atoms with Crippen molar-refractivity contribution in [3.8, 4) is 11.4 Å². The molecular weight excluding hydrogens is 384 g/mol. The Balaban J connectivity index is 1.77. The van der Waals surface area contributed by atoms with Crippen LogP contribution in [0.5, 0.6) is 0 Å². The normalized spacial score (nSPS) is 10.9. The van der Waals surface area contributed by atoms with Crippen molar-refractivity contribution in [2.45, 2.75) is 10.9 Å². The summed E-state index contributed by atoms with van der Waals surface area (Å²) in [6, 6.07) is 9.81. The van der Waals surface area contributed by atoms with Crippen molar-refractivity contribution in [1.29, 1.82) is 0 Å². The minimum Gasteiger partial charge on any atom is -0.305 e. The fourth-order valence-electron chi connectivity index (χ4n) is 1.95. The van der Waals surface area contributed by atoms with Crippen LogP contribution in [0.25, 0.3) is 11.4 Å². The first-order chi connectivity index (χ1) is 10.6. The molecule has 0 aliphatic rings. The van der Waals surface area contributed by atoms with Gasteiger partial charge in [0.2, 0.25) is 0 Å². The molecule has 0 fully saturated rings. The Morgan fingerprint density at radius 3 is 2.68 bits per heavy atom. The van der Waals surface area contributed by atoms with Crippen LogP contribution in [-0.4, -0.2) is 19.7 Å². The van der Waals surface area contributed by atoms with Gasteiger partial charge in [-0.2, -0.15) is 0 Å². The van der Waals surface area contributed by atoms with Crippen LogP contribution in [0.15, 0.2) is 52.4 Å². The molecule has 1 aromatic carbocycles. The van der Waals surface area contributed by atoms with Crippen molar-refractivity contribution in [2.24, 2.45) is 7.05 Å². The molecule has 0 atom stereocenters. The summed E-state index contributed by atoms with van der Waals surface area (Å²) in [4.78, 5) is 4.17. The summed E-state index contributed by atoms with van der Waals surface area (Å²) in [6.45, 7) is 0. The van der Waals surface area contributed by atoms with Crippen molar-refractivity contribution < 1.29 is 0 Å². The third-order valence-electron chi connectivity index (χ3n) is 3.08. The molecule has 2 heterocycles. The van der Waals surface area contributed by atoms with Gasteiger partial charge in [0.05, 0.1) is 0 Å². The Kier molecular flexibility index (Phi) is 4.81. The van der Waals surface area contributed by atoms with Crippen LogP contribution in [0.1, 0.15) is 5.56 Å². The Labute approximate surface area is 146 Å². The standard InChI is InChI=1S/C15H12BrClN4S/c1-21-14(11-6-12(16)8-18-7-11)19-20-15(21)22-9-10-2-4-13(17)5-3-10/h2-8H,9H2,1H3. The molecule has 0 saturated carbocycles. The van der Waals surface area contributed by atoms with E-state index in [-0.39, 0.29) is 0 Å². The van der Waals surface area contributed by atoms with Crippen molar-refractivity contribution in [1.82, 2.24) is 19.7 Å². The predicted octanol–water partition coefficient (Wildman–Crippen LogP) is 4.59. The molecule has 0 saturated heterocycles. The first kappa shape index (κ1) is 15.5. The molecule has 7 heteroatoms. The van der Waals surface area contributed by atoms with Crippen LogP contribution in [0, 0.1) is 0 Å². The van der Waals surface area contributed by atoms with Crippen LogP contribution in [0.2, 0.25) is 5.02 Å². The van der Waals surface area contributed by atoms with Crippen LogP contribution in [0.3, 0.4) is 0 Å². The van der Waals surface area contributed by atoms with Gasteiger partial charge in [-0.25, -0.2) is 0 Å². The summed E-state index contributed by atoms with van der Waals surface area (Å²) in [5.41, 5.74) is 2.13. The summed E-state index contributed by atoms with van der Waals surface area (Å²) < 4.78 is 2.90. The Hall–Kier alpha value is -1.37. The van der Waals surface area contributed by atoms with Gasteiger partial charge >= 0.3 is 0 Å². The maximum Gasteiger partial charge on any atom is 0.191 e. The van der Waals surface area contributed by atoms with Gasteiger partial charge in [-0.3, -0.25) is 4.98 Å². The number of benzene rings is 1. The van der Waals surface area contributed by atoms with Crippen molar-refractivity contribution in [3.05, 3.63) is 57.8 Å². The largest absolute Gasteiger partial charge is 0.305 e. The van der Waals surface area contributed by atoms with E-state index in [1.54, 1.807) is 24.2 Å². The molecule has 0 spiro atoms. The molecular formula is C15H12BrClN4S. The van der Waals surface area contributed by atoms with Crippen molar-refractivity contribution in [3.63, 3.8) is 0 Å². The van der Waals surface area contributed by atoms with E-state index in [0.29, 0.717) is 0 Å². The molecule has 22 heavy (non-hydrogen) atoms. The SMILES string of the molecule is Cn1c(SCc2ccc(Cl)cc2)nnc1-c1cncc(Br)c1. The van der Waals surface area contributed by atoms with E-state index < -0.39 is 0 Å². The minimum absolute atomic E-state index is 0.747. The smallest absolute Gasteiger partial charge is 0.191 e. The van der Waals surface area contributed by atoms with Gasteiger partial charge in [0.1, 0.15) is 0 Å². The molecule has 112 valence electrons. The second kappa shape index (κ2) is 6.81.